The molecule has 2 aliphatic rings. The highest BCUT2D eigenvalue weighted by Gasteiger charge is 2.27. The summed E-state index contributed by atoms with van der Waals surface area (Å²) in [6.45, 7) is 4.94. The molecule has 0 unspecified atom stereocenters. The second-order valence-electron chi connectivity index (χ2n) is 7.97. The molecule has 0 saturated carbocycles. The highest BCUT2D eigenvalue weighted by Crippen LogP contribution is 2.32. The molecule has 11 heteroatoms. The van der Waals surface area contributed by atoms with E-state index in [1.165, 1.54) is 10.7 Å². The lowest BCUT2D eigenvalue weighted by molar-refractivity contribution is -0.114. The van der Waals surface area contributed by atoms with Crippen LogP contribution in [0, 0.1) is 6.92 Å². The second-order valence-corrected chi connectivity index (χ2v) is 9.91. The minimum atomic E-state index is -3.64. The Balaban J connectivity index is 1.55. The molecule has 0 aliphatic carbocycles. The number of sulfonamides is 1. The number of nitrogens with one attached hydrogen (secondary N) is 2. The zero-order valence-corrected chi connectivity index (χ0v) is 19.0. The molecule has 1 aromatic heterocycles. The predicted molar refractivity (Wildman–Crippen MR) is 120 cm³/mol. The molecule has 0 spiro atoms. The minimum Gasteiger partial charge on any atom is -0.379 e. The number of aromatic nitrogens is 1. The Bertz CT molecular complexity index is 1040. The first-order valence-electron chi connectivity index (χ1n) is 10.9. The first-order chi connectivity index (χ1) is 15.4. The highest BCUT2D eigenvalue weighted by molar-refractivity contribution is 7.89. The number of aryl methyl sites for hydroxylation is 1. The van der Waals surface area contributed by atoms with Gasteiger partial charge in [0.2, 0.25) is 15.9 Å². The normalized spacial score (nSPS) is 17.8. The Kier molecular flexibility index (Phi) is 6.97. The van der Waals surface area contributed by atoms with Crippen LogP contribution in [0.1, 0.15) is 25.0 Å². The molecule has 4 rings (SSSR count). The molecule has 0 bridgehead atoms. The summed E-state index contributed by atoms with van der Waals surface area (Å²) in [5.41, 5.74) is 1.52. The van der Waals surface area contributed by atoms with Crippen molar-refractivity contribution in [3.8, 4) is 0 Å². The summed E-state index contributed by atoms with van der Waals surface area (Å²) in [4.78, 5) is 14.8. The Morgan fingerprint density at radius 1 is 1.09 bits per heavy atom. The van der Waals surface area contributed by atoms with Crippen molar-refractivity contribution in [2.45, 2.75) is 31.1 Å². The van der Waals surface area contributed by atoms with E-state index in [2.05, 4.69) is 20.7 Å². The molecule has 0 radical (unpaired) electrons. The summed E-state index contributed by atoms with van der Waals surface area (Å²) in [6.07, 6.45) is 3.35. The predicted octanol–water partition coefficient (Wildman–Crippen LogP) is 2.04. The quantitative estimate of drug-likeness (QED) is 0.641. The van der Waals surface area contributed by atoms with Crippen LogP contribution in [0.5, 0.6) is 0 Å². The van der Waals surface area contributed by atoms with Crippen LogP contribution in [0.4, 0.5) is 17.2 Å². The van der Waals surface area contributed by atoms with Gasteiger partial charge in [-0.15, -0.1) is 0 Å². The van der Waals surface area contributed by atoms with Gasteiger partial charge < -0.3 is 24.8 Å². The smallest absolute Gasteiger partial charge is 0.244 e. The van der Waals surface area contributed by atoms with Gasteiger partial charge in [0.25, 0.3) is 0 Å². The van der Waals surface area contributed by atoms with Crippen LogP contribution in [0.15, 0.2) is 33.7 Å². The topological polar surface area (TPSA) is 117 Å². The molecular weight excluding hydrogens is 434 g/mol. The summed E-state index contributed by atoms with van der Waals surface area (Å²) < 4.78 is 38.0. The van der Waals surface area contributed by atoms with Crippen LogP contribution in [0.25, 0.3) is 0 Å². The Morgan fingerprint density at radius 2 is 1.84 bits per heavy atom. The number of benzene rings is 1. The zero-order valence-electron chi connectivity index (χ0n) is 18.2. The largest absolute Gasteiger partial charge is 0.379 e. The summed E-state index contributed by atoms with van der Waals surface area (Å²) >= 11 is 0. The van der Waals surface area contributed by atoms with Gasteiger partial charge in [-0.25, -0.2) is 8.42 Å². The summed E-state index contributed by atoms with van der Waals surface area (Å²) in [6, 6.07) is 6.74. The van der Waals surface area contributed by atoms with Gasteiger partial charge >= 0.3 is 0 Å². The maximum atomic E-state index is 13.1. The highest BCUT2D eigenvalue weighted by atomic mass is 32.2. The van der Waals surface area contributed by atoms with E-state index in [0.29, 0.717) is 43.6 Å². The molecule has 2 N–H and O–H groups in total. The average molecular weight is 464 g/mol. The fourth-order valence-electron chi connectivity index (χ4n) is 3.95. The van der Waals surface area contributed by atoms with Crippen LogP contribution >= 0.6 is 0 Å². The maximum Gasteiger partial charge on any atom is 0.244 e. The lowest BCUT2D eigenvalue weighted by atomic mass is 10.1. The lowest BCUT2D eigenvalue weighted by Crippen LogP contribution is -2.40. The number of morpholine rings is 1. The molecule has 2 saturated heterocycles. The number of nitrogens with zero attached hydrogens (tertiary/aromatic N) is 3. The molecule has 174 valence electrons. The third-order valence-electron chi connectivity index (χ3n) is 5.61. The minimum absolute atomic E-state index is 0.0339. The Morgan fingerprint density at radius 3 is 2.53 bits per heavy atom. The molecule has 1 amide bonds. The fourth-order valence-corrected chi connectivity index (χ4v) is 5.39. The van der Waals surface area contributed by atoms with E-state index < -0.39 is 10.0 Å². The Hall–Kier alpha value is -2.63. The van der Waals surface area contributed by atoms with Gasteiger partial charge in [-0.05, 0) is 44.4 Å². The van der Waals surface area contributed by atoms with Crippen molar-refractivity contribution in [3.63, 3.8) is 0 Å². The monoisotopic (exact) mass is 463 g/mol. The van der Waals surface area contributed by atoms with Gasteiger partial charge in [0.05, 0.1) is 36.0 Å². The Labute approximate surface area is 187 Å². The summed E-state index contributed by atoms with van der Waals surface area (Å²) in [7, 11) is -3.64. The van der Waals surface area contributed by atoms with Gasteiger partial charge in [0, 0.05) is 32.2 Å². The number of anilines is 3. The van der Waals surface area contributed by atoms with Crippen LogP contribution in [0.3, 0.4) is 0 Å². The van der Waals surface area contributed by atoms with Crippen LogP contribution < -0.4 is 15.5 Å². The van der Waals surface area contributed by atoms with Gasteiger partial charge in [-0.2, -0.15) is 4.31 Å². The van der Waals surface area contributed by atoms with Gasteiger partial charge in [-0.1, -0.05) is 5.16 Å². The number of amides is 1. The second kappa shape index (κ2) is 9.88. The lowest BCUT2D eigenvalue weighted by Gasteiger charge is -2.31. The first-order valence-corrected chi connectivity index (χ1v) is 12.3. The molecule has 1 aromatic carbocycles. The standard InChI is InChI=1S/C21H29N5O5S/c1-16-13-20(24-31-16)23-21(27)15-22-18-14-17(32(28,29)26-9-11-30-12-10-26)5-6-19(18)25-7-3-2-4-8-25/h5-6,13-14,22H,2-4,7-12,15H2,1H3,(H,23,24,27). The molecule has 3 heterocycles. The number of ether oxygens (including phenoxy) is 1. The molecule has 2 aliphatic heterocycles. The fraction of sp³-hybridized carbons (Fsp3) is 0.524. The molecule has 2 fully saturated rings. The van der Waals surface area contributed by atoms with Crippen molar-refractivity contribution in [3.05, 3.63) is 30.0 Å². The van der Waals surface area contributed by atoms with Crippen LogP contribution in [0.2, 0.25) is 0 Å². The number of hydrogen-bond acceptors (Lipinski definition) is 8. The number of piperidine rings is 1. The van der Waals surface area contributed by atoms with E-state index in [0.717, 1.165) is 31.6 Å². The molecule has 32 heavy (non-hydrogen) atoms. The van der Waals surface area contributed by atoms with Crippen molar-refractivity contribution in [2.24, 2.45) is 0 Å². The molecule has 2 aromatic rings. The van der Waals surface area contributed by atoms with Crippen molar-refractivity contribution >= 4 is 33.1 Å². The van der Waals surface area contributed by atoms with Crippen molar-refractivity contribution in [1.29, 1.82) is 0 Å². The number of carbonyl (C=O) groups excluding carboxylic acids is 1. The van der Waals surface area contributed by atoms with E-state index in [1.807, 2.05) is 6.07 Å². The molecule has 10 nitrogen and oxygen atoms in total. The number of carbonyl (C=O) groups is 1. The first kappa shape index (κ1) is 22.6. The molecular formula is C21H29N5O5S. The van der Waals surface area contributed by atoms with E-state index in [-0.39, 0.29) is 17.3 Å². The SMILES string of the molecule is Cc1cc(NC(=O)CNc2cc(S(=O)(=O)N3CCOCC3)ccc2N2CCCCC2)no1. The van der Waals surface area contributed by atoms with Gasteiger partial charge in [0.15, 0.2) is 5.82 Å². The summed E-state index contributed by atoms with van der Waals surface area (Å²) in [5.74, 6) is 0.639. The number of rotatable bonds is 7. The van der Waals surface area contributed by atoms with Crippen LogP contribution in [-0.2, 0) is 19.6 Å². The third-order valence-corrected chi connectivity index (χ3v) is 7.50. The van der Waals surface area contributed by atoms with E-state index >= 15 is 0 Å². The van der Waals surface area contributed by atoms with Gasteiger partial charge in [0.1, 0.15) is 5.76 Å². The van der Waals surface area contributed by atoms with Gasteiger partial charge in [-0.3, -0.25) is 4.79 Å². The molecule has 0 atom stereocenters. The maximum absolute atomic E-state index is 13.1. The van der Waals surface area contributed by atoms with Crippen molar-refractivity contribution in [1.82, 2.24) is 9.46 Å². The van der Waals surface area contributed by atoms with Crippen molar-refractivity contribution < 1.29 is 22.5 Å². The van der Waals surface area contributed by atoms with Crippen molar-refractivity contribution in [2.75, 3.05) is 61.5 Å². The van der Waals surface area contributed by atoms with E-state index in [4.69, 9.17) is 9.26 Å². The average Bonchev–Trinajstić information content (AvgIpc) is 3.23. The third kappa shape index (κ3) is 5.22. The van der Waals surface area contributed by atoms with Crippen LogP contribution in [-0.4, -0.2) is 69.7 Å². The summed E-state index contributed by atoms with van der Waals surface area (Å²) in [5, 5.41) is 9.56. The number of hydrogen-bond donors (Lipinski definition) is 2. The van der Waals surface area contributed by atoms with E-state index in [1.54, 1.807) is 25.1 Å². The van der Waals surface area contributed by atoms with E-state index in [9.17, 15) is 13.2 Å². The zero-order chi connectivity index (χ0) is 22.6.